The van der Waals surface area contributed by atoms with E-state index in [1.165, 1.54) is 4.57 Å². The smallest absolute Gasteiger partial charge is 0.274 e. The van der Waals surface area contributed by atoms with Crippen LogP contribution in [0.2, 0.25) is 0 Å². The number of pyridine rings is 1. The average Bonchev–Trinajstić information content (AvgIpc) is 2.38. The quantitative estimate of drug-likeness (QED) is 0.938. The van der Waals surface area contributed by atoms with Gasteiger partial charge in [-0.05, 0) is 40.0 Å². The second kappa shape index (κ2) is 6.05. The monoisotopic (exact) mass is 334 g/mol. The number of carbonyl (C=O) groups excluding carboxylic acids is 1. The van der Waals surface area contributed by atoms with Crippen LogP contribution in [0.4, 0.5) is 5.69 Å². The Morgan fingerprint density at radius 2 is 2.05 bits per heavy atom. The molecule has 2 rings (SSSR count). The van der Waals surface area contributed by atoms with Gasteiger partial charge in [0, 0.05) is 17.7 Å². The third kappa shape index (κ3) is 3.36. The minimum atomic E-state index is -0.230. The number of aryl methyl sites for hydroxylation is 2. The fourth-order valence-corrected chi connectivity index (χ4v) is 2.47. The lowest BCUT2D eigenvalue weighted by molar-refractivity contribution is -0.115. The van der Waals surface area contributed by atoms with Gasteiger partial charge in [-0.1, -0.05) is 24.3 Å². The zero-order chi connectivity index (χ0) is 14.7. The second-order valence-electron chi connectivity index (χ2n) is 4.64. The maximum Gasteiger partial charge on any atom is 0.274 e. The molecular formula is C15H15BrN2O2. The molecule has 0 fully saturated rings. The van der Waals surface area contributed by atoms with Gasteiger partial charge < -0.3 is 9.88 Å². The minimum absolute atomic E-state index is 0.200. The SMILES string of the molecule is Cc1ccccc1CC(=O)Nc1cc(Br)cn(C)c1=O. The number of anilines is 1. The molecule has 0 aliphatic rings. The van der Waals surface area contributed by atoms with Crippen molar-refractivity contribution in [2.45, 2.75) is 13.3 Å². The van der Waals surface area contributed by atoms with Crippen molar-refractivity contribution in [2.24, 2.45) is 7.05 Å². The van der Waals surface area contributed by atoms with E-state index in [0.29, 0.717) is 0 Å². The molecule has 0 radical (unpaired) electrons. The van der Waals surface area contributed by atoms with Crippen molar-refractivity contribution in [3.05, 3.63) is 62.5 Å². The van der Waals surface area contributed by atoms with Gasteiger partial charge in [0.15, 0.2) is 0 Å². The van der Waals surface area contributed by atoms with E-state index in [1.807, 2.05) is 31.2 Å². The molecule has 1 amide bonds. The van der Waals surface area contributed by atoms with Crippen molar-refractivity contribution in [1.29, 1.82) is 0 Å². The molecule has 0 atom stereocenters. The fraction of sp³-hybridized carbons (Fsp3) is 0.200. The summed E-state index contributed by atoms with van der Waals surface area (Å²) in [5.74, 6) is -0.200. The third-order valence-corrected chi connectivity index (χ3v) is 3.47. The molecule has 5 heteroatoms. The van der Waals surface area contributed by atoms with E-state index in [-0.39, 0.29) is 23.6 Å². The molecule has 20 heavy (non-hydrogen) atoms. The van der Waals surface area contributed by atoms with Crippen molar-refractivity contribution in [3.63, 3.8) is 0 Å². The number of hydrogen-bond donors (Lipinski definition) is 1. The Bertz CT molecular complexity index is 707. The maximum atomic E-state index is 12.0. The Kier molecular flexibility index (Phi) is 4.39. The van der Waals surface area contributed by atoms with Crippen molar-refractivity contribution in [3.8, 4) is 0 Å². The largest absolute Gasteiger partial charge is 0.321 e. The first-order valence-electron chi connectivity index (χ1n) is 6.18. The van der Waals surface area contributed by atoms with Crippen LogP contribution in [-0.2, 0) is 18.3 Å². The summed E-state index contributed by atoms with van der Waals surface area (Å²) < 4.78 is 2.17. The zero-order valence-electron chi connectivity index (χ0n) is 11.3. The van der Waals surface area contributed by atoms with Gasteiger partial charge in [-0.3, -0.25) is 9.59 Å². The summed E-state index contributed by atoms with van der Waals surface area (Å²) >= 11 is 3.30. The molecule has 1 N–H and O–H groups in total. The molecule has 0 unspecified atom stereocenters. The summed E-state index contributed by atoms with van der Waals surface area (Å²) in [7, 11) is 1.64. The number of hydrogen-bond acceptors (Lipinski definition) is 2. The van der Waals surface area contributed by atoms with Crippen molar-refractivity contribution >= 4 is 27.5 Å². The van der Waals surface area contributed by atoms with Crippen molar-refractivity contribution in [2.75, 3.05) is 5.32 Å². The van der Waals surface area contributed by atoms with E-state index in [1.54, 1.807) is 19.3 Å². The summed E-state index contributed by atoms with van der Waals surface area (Å²) in [6, 6.07) is 9.31. The molecule has 0 saturated carbocycles. The Balaban J connectivity index is 2.17. The molecule has 1 aromatic carbocycles. The Morgan fingerprint density at radius 1 is 1.35 bits per heavy atom. The molecule has 1 heterocycles. The number of amides is 1. The lowest BCUT2D eigenvalue weighted by atomic mass is 10.1. The van der Waals surface area contributed by atoms with Crippen LogP contribution in [0.25, 0.3) is 0 Å². The van der Waals surface area contributed by atoms with Crippen LogP contribution < -0.4 is 10.9 Å². The highest BCUT2D eigenvalue weighted by molar-refractivity contribution is 9.10. The molecule has 0 aliphatic carbocycles. The van der Waals surface area contributed by atoms with Crippen LogP contribution in [0.3, 0.4) is 0 Å². The topological polar surface area (TPSA) is 51.1 Å². The van der Waals surface area contributed by atoms with Crippen LogP contribution in [0.15, 0.2) is 45.8 Å². The summed E-state index contributed by atoms with van der Waals surface area (Å²) in [5, 5.41) is 2.67. The van der Waals surface area contributed by atoms with Gasteiger partial charge in [0.2, 0.25) is 5.91 Å². The van der Waals surface area contributed by atoms with Gasteiger partial charge in [-0.15, -0.1) is 0 Å². The van der Waals surface area contributed by atoms with Crippen LogP contribution in [0.1, 0.15) is 11.1 Å². The molecular weight excluding hydrogens is 320 g/mol. The molecule has 1 aromatic heterocycles. The first-order chi connectivity index (χ1) is 9.47. The molecule has 0 aliphatic heterocycles. The predicted molar refractivity (Wildman–Crippen MR) is 82.9 cm³/mol. The van der Waals surface area contributed by atoms with E-state index < -0.39 is 0 Å². The number of nitrogens with one attached hydrogen (secondary N) is 1. The van der Waals surface area contributed by atoms with Crippen LogP contribution in [0.5, 0.6) is 0 Å². The highest BCUT2D eigenvalue weighted by Gasteiger charge is 2.09. The third-order valence-electron chi connectivity index (χ3n) is 3.04. The van der Waals surface area contributed by atoms with E-state index in [9.17, 15) is 9.59 Å². The summed E-state index contributed by atoms with van der Waals surface area (Å²) in [6.45, 7) is 1.96. The normalized spacial score (nSPS) is 10.3. The Hall–Kier alpha value is -1.88. The summed E-state index contributed by atoms with van der Waals surface area (Å²) in [4.78, 5) is 23.9. The predicted octanol–water partition coefficient (Wildman–Crippen LogP) is 2.64. The van der Waals surface area contributed by atoms with Gasteiger partial charge in [-0.25, -0.2) is 0 Å². The number of aromatic nitrogens is 1. The molecule has 0 saturated heterocycles. The zero-order valence-corrected chi connectivity index (χ0v) is 12.9. The maximum absolute atomic E-state index is 12.0. The summed E-state index contributed by atoms with van der Waals surface area (Å²) in [6.07, 6.45) is 1.90. The van der Waals surface area contributed by atoms with Gasteiger partial charge in [0.1, 0.15) is 5.69 Å². The van der Waals surface area contributed by atoms with E-state index in [2.05, 4.69) is 21.2 Å². The van der Waals surface area contributed by atoms with Gasteiger partial charge in [0.25, 0.3) is 5.56 Å². The van der Waals surface area contributed by atoms with Crippen LogP contribution in [0, 0.1) is 6.92 Å². The first-order valence-corrected chi connectivity index (χ1v) is 6.97. The standard InChI is InChI=1S/C15H15BrN2O2/c1-10-5-3-4-6-11(10)7-14(19)17-13-8-12(16)9-18(2)15(13)20/h3-6,8-9H,7H2,1-2H3,(H,17,19). The van der Waals surface area contributed by atoms with Crippen LogP contribution >= 0.6 is 15.9 Å². The van der Waals surface area contributed by atoms with Gasteiger partial charge in [-0.2, -0.15) is 0 Å². The van der Waals surface area contributed by atoms with Crippen molar-refractivity contribution in [1.82, 2.24) is 4.57 Å². The Morgan fingerprint density at radius 3 is 2.75 bits per heavy atom. The lowest BCUT2D eigenvalue weighted by Crippen LogP contribution is -2.25. The van der Waals surface area contributed by atoms with Crippen molar-refractivity contribution < 1.29 is 4.79 Å². The van der Waals surface area contributed by atoms with Gasteiger partial charge >= 0.3 is 0 Å². The molecule has 104 valence electrons. The first kappa shape index (κ1) is 14.5. The van der Waals surface area contributed by atoms with E-state index >= 15 is 0 Å². The number of carbonyl (C=O) groups is 1. The van der Waals surface area contributed by atoms with E-state index in [0.717, 1.165) is 15.6 Å². The highest BCUT2D eigenvalue weighted by atomic mass is 79.9. The number of benzene rings is 1. The fourth-order valence-electron chi connectivity index (χ4n) is 1.94. The highest BCUT2D eigenvalue weighted by Crippen LogP contribution is 2.13. The number of halogens is 1. The molecule has 2 aromatic rings. The van der Waals surface area contributed by atoms with Crippen LogP contribution in [-0.4, -0.2) is 10.5 Å². The minimum Gasteiger partial charge on any atom is -0.321 e. The lowest BCUT2D eigenvalue weighted by Gasteiger charge is -2.08. The summed E-state index contributed by atoms with van der Waals surface area (Å²) in [5.41, 5.74) is 2.06. The van der Waals surface area contributed by atoms with E-state index in [4.69, 9.17) is 0 Å². The molecule has 4 nitrogen and oxygen atoms in total. The second-order valence-corrected chi connectivity index (χ2v) is 5.56. The number of nitrogens with zero attached hydrogens (tertiary/aromatic N) is 1. The average molecular weight is 335 g/mol. The molecule has 0 bridgehead atoms. The number of rotatable bonds is 3. The van der Waals surface area contributed by atoms with Gasteiger partial charge in [0.05, 0.1) is 6.42 Å². The Labute approximate surface area is 125 Å². The molecule has 0 spiro atoms.